The molecule has 0 amide bonds. The number of thioether (sulfide) groups is 1. The molecular formula is C21H27N3S. The van der Waals surface area contributed by atoms with Crippen molar-refractivity contribution in [2.24, 2.45) is 0 Å². The lowest BCUT2D eigenvalue weighted by atomic mass is 9.74. The predicted molar refractivity (Wildman–Crippen MR) is 108 cm³/mol. The van der Waals surface area contributed by atoms with Crippen molar-refractivity contribution in [1.29, 1.82) is 0 Å². The highest BCUT2D eigenvalue weighted by atomic mass is 32.2. The fourth-order valence-electron chi connectivity index (χ4n) is 4.29. The third kappa shape index (κ3) is 3.25. The molecule has 1 saturated carbocycles. The quantitative estimate of drug-likeness (QED) is 0.811. The smallest absolute Gasteiger partial charge is 0.0658 e. The van der Waals surface area contributed by atoms with Gasteiger partial charge in [0.15, 0.2) is 0 Å². The minimum absolute atomic E-state index is 0.176. The third-order valence-electron chi connectivity index (χ3n) is 5.82. The maximum atomic E-state index is 3.77. The van der Waals surface area contributed by atoms with Crippen molar-refractivity contribution >= 4 is 23.1 Å². The van der Waals surface area contributed by atoms with Crippen molar-refractivity contribution in [2.45, 2.75) is 42.2 Å². The van der Waals surface area contributed by atoms with E-state index >= 15 is 0 Å². The number of nitrogens with one attached hydrogen (secondary N) is 2. The van der Waals surface area contributed by atoms with Crippen molar-refractivity contribution in [2.75, 3.05) is 30.6 Å². The molecule has 4 heteroatoms. The van der Waals surface area contributed by atoms with E-state index in [1.165, 1.54) is 47.5 Å². The van der Waals surface area contributed by atoms with E-state index in [0.717, 1.165) is 5.88 Å². The van der Waals surface area contributed by atoms with Gasteiger partial charge in [0.25, 0.3) is 0 Å². The van der Waals surface area contributed by atoms with Gasteiger partial charge in [-0.05, 0) is 63.5 Å². The van der Waals surface area contributed by atoms with Gasteiger partial charge in [0, 0.05) is 22.2 Å². The molecule has 132 valence electrons. The Balaban J connectivity index is 1.45. The van der Waals surface area contributed by atoms with Gasteiger partial charge < -0.3 is 10.6 Å². The zero-order chi connectivity index (χ0) is 17.3. The number of anilines is 2. The van der Waals surface area contributed by atoms with Gasteiger partial charge in [0.1, 0.15) is 0 Å². The number of hydrogen-bond donors (Lipinski definition) is 2. The molecule has 0 saturated heterocycles. The average Bonchev–Trinajstić information content (AvgIpc) is 3.11. The first-order valence-corrected chi connectivity index (χ1v) is 10.2. The lowest BCUT2D eigenvalue weighted by Gasteiger charge is -2.46. The van der Waals surface area contributed by atoms with Gasteiger partial charge >= 0.3 is 0 Å². The van der Waals surface area contributed by atoms with E-state index in [-0.39, 0.29) is 5.54 Å². The molecule has 0 spiro atoms. The first-order valence-electron chi connectivity index (χ1n) is 9.18. The minimum atomic E-state index is 0.176. The van der Waals surface area contributed by atoms with Crippen molar-refractivity contribution in [3.05, 3.63) is 54.1 Å². The summed E-state index contributed by atoms with van der Waals surface area (Å²) in [6.07, 6.45) is 4.79. The number of benzene rings is 2. The van der Waals surface area contributed by atoms with Gasteiger partial charge in [-0.1, -0.05) is 30.3 Å². The summed E-state index contributed by atoms with van der Waals surface area (Å²) in [6.45, 7) is 0. The summed E-state index contributed by atoms with van der Waals surface area (Å²) in [5, 5.41) is 7.21. The van der Waals surface area contributed by atoms with Crippen LogP contribution in [0.15, 0.2) is 53.4 Å². The number of hydrogen-bond acceptors (Lipinski definition) is 4. The summed E-state index contributed by atoms with van der Waals surface area (Å²) in [4.78, 5) is 3.79. The average molecular weight is 354 g/mol. The Kier molecular flexibility index (Phi) is 4.65. The van der Waals surface area contributed by atoms with Gasteiger partial charge in [-0.3, -0.25) is 4.90 Å². The Labute approximate surface area is 155 Å². The Morgan fingerprint density at radius 2 is 1.84 bits per heavy atom. The molecule has 25 heavy (non-hydrogen) atoms. The van der Waals surface area contributed by atoms with Crippen LogP contribution in [0.3, 0.4) is 0 Å². The summed E-state index contributed by atoms with van der Waals surface area (Å²) in [5.41, 5.74) is 4.15. The van der Waals surface area contributed by atoms with E-state index in [4.69, 9.17) is 0 Å². The zero-order valence-electron chi connectivity index (χ0n) is 15.1. The summed E-state index contributed by atoms with van der Waals surface area (Å²) in [6, 6.07) is 18.3. The Hall–Kier alpha value is -1.65. The van der Waals surface area contributed by atoms with Crippen LogP contribution in [0.1, 0.15) is 31.2 Å². The molecule has 0 bridgehead atoms. The molecule has 1 fully saturated rings. The Morgan fingerprint density at radius 3 is 2.56 bits per heavy atom. The number of fused-ring (bicyclic) bond motifs is 1. The second-order valence-electron chi connectivity index (χ2n) is 7.39. The van der Waals surface area contributed by atoms with Gasteiger partial charge in [-0.15, -0.1) is 11.8 Å². The molecule has 1 heterocycles. The first kappa shape index (κ1) is 16.8. The van der Waals surface area contributed by atoms with Crippen molar-refractivity contribution < 1.29 is 0 Å². The van der Waals surface area contributed by atoms with Crippen LogP contribution < -0.4 is 10.6 Å². The SMILES string of the molecule is CN(C)C1(c2ccccc2)CCC(Nc2ccc3c(c2)NCS3)CC1. The molecule has 0 unspecified atom stereocenters. The number of nitrogens with zero attached hydrogens (tertiary/aromatic N) is 1. The van der Waals surface area contributed by atoms with Crippen molar-refractivity contribution in [1.82, 2.24) is 4.90 Å². The lowest BCUT2D eigenvalue weighted by molar-refractivity contribution is 0.0945. The maximum absolute atomic E-state index is 3.77. The molecular weight excluding hydrogens is 326 g/mol. The highest BCUT2D eigenvalue weighted by Gasteiger charge is 2.38. The van der Waals surface area contributed by atoms with E-state index in [9.17, 15) is 0 Å². The van der Waals surface area contributed by atoms with Crippen LogP contribution in [-0.4, -0.2) is 30.9 Å². The van der Waals surface area contributed by atoms with Crippen molar-refractivity contribution in [3.8, 4) is 0 Å². The van der Waals surface area contributed by atoms with Crippen LogP contribution in [-0.2, 0) is 5.54 Å². The maximum Gasteiger partial charge on any atom is 0.0658 e. The summed E-state index contributed by atoms with van der Waals surface area (Å²) < 4.78 is 0. The predicted octanol–water partition coefficient (Wildman–Crippen LogP) is 4.97. The molecule has 0 atom stereocenters. The molecule has 1 aliphatic heterocycles. The normalized spacial score (nSPS) is 25.5. The van der Waals surface area contributed by atoms with E-state index in [0.29, 0.717) is 6.04 Å². The minimum Gasteiger partial charge on any atom is -0.382 e. The fraction of sp³-hybridized carbons (Fsp3) is 0.429. The zero-order valence-corrected chi connectivity index (χ0v) is 15.9. The van der Waals surface area contributed by atoms with Crippen LogP contribution in [0.2, 0.25) is 0 Å². The van der Waals surface area contributed by atoms with Crippen LogP contribution >= 0.6 is 11.8 Å². The molecule has 2 aromatic rings. The molecule has 2 aromatic carbocycles. The molecule has 2 aliphatic rings. The van der Waals surface area contributed by atoms with E-state index < -0.39 is 0 Å². The Morgan fingerprint density at radius 1 is 1.08 bits per heavy atom. The molecule has 0 radical (unpaired) electrons. The topological polar surface area (TPSA) is 27.3 Å². The van der Waals surface area contributed by atoms with Gasteiger partial charge in [-0.25, -0.2) is 0 Å². The summed E-state index contributed by atoms with van der Waals surface area (Å²) >= 11 is 1.88. The van der Waals surface area contributed by atoms with Gasteiger partial charge in [0.05, 0.1) is 11.6 Å². The Bertz CT molecular complexity index is 721. The van der Waals surface area contributed by atoms with E-state index in [1.54, 1.807) is 0 Å². The van der Waals surface area contributed by atoms with Crippen LogP contribution in [0, 0.1) is 0 Å². The largest absolute Gasteiger partial charge is 0.382 e. The van der Waals surface area contributed by atoms with Crippen LogP contribution in [0.5, 0.6) is 0 Å². The molecule has 4 rings (SSSR count). The fourth-order valence-corrected chi connectivity index (χ4v) is 5.13. The highest BCUT2D eigenvalue weighted by molar-refractivity contribution is 7.99. The second kappa shape index (κ2) is 6.93. The second-order valence-corrected chi connectivity index (χ2v) is 8.40. The third-order valence-corrected chi connectivity index (χ3v) is 6.78. The summed E-state index contributed by atoms with van der Waals surface area (Å²) in [7, 11) is 4.45. The monoisotopic (exact) mass is 353 g/mol. The molecule has 3 nitrogen and oxygen atoms in total. The number of rotatable bonds is 4. The van der Waals surface area contributed by atoms with Gasteiger partial charge in [0.2, 0.25) is 0 Å². The van der Waals surface area contributed by atoms with E-state index in [2.05, 4.69) is 78.2 Å². The van der Waals surface area contributed by atoms with Crippen LogP contribution in [0.25, 0.3) is 0 Å². The lowest BCUT2D eigenvalue weighted by Crippen LogP contribution is -2.46. The standard InChI is InChI=1S/C21H27N3S/c1-24(2)21(16-6-4-3-5-7-16)12-10-17(11-13-21)23-18-8-9-20-19(14-18)22-15-25-20/h3-9,14,17,22-23H,10-13,15H2,1-2H3. The molecule has 2 N–H and O–H groups in total. The van der Waals surface area contributed by atoms with Gasteiger partial charge in [-0.2, -0.15) is 0 Å². The summed E-state index contributed by atoms with van der Waals surface area (Å²) in [5.74, 6) is 0.991. The highest BCUT2D eigenvalue weighted by Crippen LogP contribution is 2.42. The first-order chi connectivity index (χ1) is 12.2. The van der Waals surface area contributed by atoms with E-state index in [1.807, 2.05) is 11.8 Å². The van der Waals surface area contributed by atoms with Crippen molar-refractivity contribution in [3.63, 3.8) is 0 Å². The molecule has 1 aliphatic carbocycles. The molecule has 0 aromatic heterocycles. The van der Waals surface area contributed by atoms with Crippen LogP contribution in [0.4, 0.5) is 11.4 Å².